The van der Waals surface area contributed by atoms with Gasteiger partial charge in [-0.2, -0.15) is 0 Å². The van der Waals surface area contributed by atoms with Crippen molar-refractivity contribution in [1.82, 2.24) is 0 Å². The molecular formula is C21H20N2O5. The number of ether oxygens (including phenoxy) is 2. The van der Waals surface area contributed by atoms with Crippen LogP contribution in [-0.2, 0) is 9.53 Å². The lowest BCUT2D eigenvalue weighted by molar-refractivity contribution is -0.385. The highest BCUT2D eigenvalue weighted by atomic mass is 16.6. The van der Waals surface area contributed by atoms with Crippen LogP contribution in [0.2, 0.25) is 0 Å². The van der Waals surface area contributed by atoms with Crippen LogP contribution >= 0.6 is 0 Å². The maximum absolute atomic E-state index is 12.3. The van der Waals surface area contributed by atoms with E-state index in [1.807, 2.05) is 24.3 Å². The average Bonchev–Trinajstić information content (AvgIpc) is 3.03. The molecule has 0 bridgehead atoms. The van der Waals surface area contributed by atoms with Gasteiger partial charge in [-0.25, -0.2) is 9.79 Å². The predicted molar refractivity (Wildman–Crippen MR) is 105 cm³/mol. The molecule has 0 spiro atoms. The quantitative estimate of drug-likeness (QED) is 0.233. The number of esters is 1. The lowest BCUT2D eigenvalue weighted by Crippen LogP contribution is -2.08. The highest BCUT2D eigenvalue weighted by molar-refractivity contribution is 6.13. The van der Waals surface area contributed by atoms with Crippen molar-refractivity contribution >= 4 is 23.6 Å². The Morgan fingerprint density at radius 3 is 2.75 bits per heavy atom. The van der Waals surface area contributed by atoms with Gasteiger partial charge in [0, 0.05) is 22.8 Å². The summed E-state index contributed by atoms with van der Waals surface area (Å²) in [5.74, 6) is 0.109. The Labute approximate surface area is 162 Å². The van der Waals surface area contributed by atoms with Crippen LogP contribution in [0.5, 0.6) is 5.75 Å². The van der Waals surface area contributed by atoms with Gasteiger partial charge in [0.2, 0.25) is 5.90 Å². The van der Waals surface area contributed by atoms with Crippen molar-refractivity contribution < 1.29 is 19.2 Å². The summed E-state index contributed by atoms with van der Waals surface area (Å²) in [4.78, 5) is 27.2. The molecule has 1 heterocycles. The molecule has 2 aromatic carbocycles. The molecule has 0 amide bonds. The number of cyclic esters (lactones) is 1. The summed E-state index contributed by atoms with van der Waals surface area (Å²) in [5, 5.41) is 11.1. The van der Waals surface area contributed by atoms with Gasteiger partial charge in [0.1, 0.15) is 5.75 Å². The maximum atomic E-state index is 12.3. The number of nitro groups is 1. The summed E-state index contributed by atoms with van der Waals surface area (Å²) in [6.45, 7) is 4.27. The van der Waals surface area contributed by atoms with Crippen molar-refractivity contribution in [3.05, 3.63) is 75.0 Å². The molecule has 144 valence electrons. The van der Waals surface area contributed by atoms with Crippen LogP contribution in [0.25, 0.3) is 6.08 Å². The number of unbranched alkanes of at least 4 members (excludes halogenated alkanes) is 1. The van der Waals surface area contributed by atoms with Gasteiger partial charge in [-0.3, -0.25) is 10.1 Å². The van der Waals surface area contributed by atoms with Crippen LogP contribution in [0.1, 0.15) is 36.5 Å². The number of nitro benzene ring substituents is 1. The highest BCUT2D eigenvalue weighted by Gasteiger charge is 2.27. The molecule has 0 saturated heterocycles. The third-order valence-electron chi connectivity index (χ3n) is 4.32. The molecule has 0 radical (unpaired) electrons. The first-order chi connectivity index (χ1) is 13.5. The average molecular weight is 380 g/mol. The molecule has 0 unspecified atom stereocenters. The van der Waals surface area contributed by atoms with Gasteiger partial charge in [0.25, 0.3) is 5.69 Å². The zero-order valence-corrected chi connectivity index (χ0v) is 15.7. The second-order valence-corrected chi connectivity index (χ2v) is 6.28. The molecular weight excluding hydrogens is 360 g/mol. The van der Waals surface area contributed by atoms with E-state index in [1.54, 1.807) is 19.1 Å². The second kappa shape index (κ2) is 8.47. The fraction of sp³-hybridized carbons (Fsp3) is 0.238. The molecule has 1 aliphatic heterocycles. The zero-order chi connectivity index (χ0) is 20.1. The number of hydrogen-bond donors (Lipinski definition) is 0. The first-order valence-corrected chi connectivity index (χ1v) is 9.00. The Morgan fingerprint density at radius 2 is 2.00 bits per heavy atom. The Balaban J connectivity index is 1.93. The van der Waals surface area contributed by atoms with Crippen molar-refractivity contribution in [2.24, 2.45) is 4.99 Å². The monoisotopic (exact) mass is 380 g/mol. The van der Waals surface area contributed by atoms with Gasteiger partial charge in [-0.15, -0.1) is 0 Å². The van der Waals surface area contributed by atoms with E-state index in [4.69, 9.17) is 9.47 Å². The second-order valence-electron chi connectivity index (χ2n) is 6.28. The summed E-state index contributed by atoms with van der Waals surface area (Å²) in [6.07, 6.45) is 3.55. The summed E-state index contributed by atoms with van der Waals surface area (Å²) in [6, 6.07) is 11.9. The standard InChI is InChI=1S/C21H20N2O5/c1-3-4-12-27-19-11-6-5-8-15(19)13-17-21(24)28-20(22-17)16-9-7-10-18(14(16)2)23(25)26/h5-11,13H,3-4,12H2,1-2H3/b17-13-. The van der Waals surface area contributed by atoms with E-state index in [0.717, 1.165) is 12.8 Å². The molecule has 0 atom stereocenters. The van der Waals surface area contributed by atoms with E-state index in [2.05, 4.69) is 11.9 Å². The smallest absolute Gasteiger partial charge is 0.363 e. The highest BCUT2D eigenvalue weighted by Crippen LogP contribution is 2.28. The fourth-order valence-electron chi connectivity index (χ4n) is 2.78. The number of hydrogen-bond acceptors (Lipinski definition) is 6. The van der Waals surface area contributed by atoms with E-state index < -0.39 is 10.9 Å². The van der Waals surface area contributed by atoms with Crippen molar-refractivity contribution in [2.75, 3.05) is 6.61 Å². The molecule has 7 heteroatoms. The molecule has 28 heavy (non-hydrogen) atoms. The number of rotatable bonds is 7. The molecule has 0 N–H and O–H groups in total. The molecule has 3 rings (SSSR count). The van der Waals surface area contributed by atoms with Gasteiger partial charge in [-0.05, 0) is 31.6 Å². The molecule has 7 nitrogen and oxygen atoms in total. The van der Waals surface area contributed by atoms with Crippen LogP contribution in [0.4, 0.5) is 5.69 Å². The van der Waals surface area contributed by atoms with Gasteiger partial charge in [0.15, 0.2) is 5.70 Å². The number of nitrogens with zero attached hydrogens (tertiary/aromatic N) is 2. The molecule has 0 aliphatic carbocycles. The summed E-state index contributed by atoms with van der Waals surface area (Å²) < 4.78 is 11.0. The first-order valence-electron chi connectivity index (χ1n) is 9.00. The minimum Gasteiger partial charge on any atom is -0.493 e. The van der Waals surface area contributed by atoms with Crippen LogP contribution in [-0.4, -0.2) is 23.4 Å². The van der Waals surface area contributed by atoms with E-state index in [1.165, 1.54) is 12.1 Å². The number of aliphatic imine (C=N–C) groups is 1. The number of carbonyl (C=O) groups is 1. The lowest BCUT2D eigenvalue weighted by Gasteiger charge is -2.08. The van der Waals surface area contributed by atoms with E-state index in [9.17, 15) is 14.9 Å². The maximum Gasteiger partial charge on any atom is 0.363 e. The van der Waals surface area contributed by atoms with Crippen LogP contribution in [0.15, 0.2) is 53.2 Å². The van der Waals surface area contributed by atoms with Crippen LogP contribution in [0, 0.1) is 17.0 Å². The lowest BCUT2D eigenvalue weighted by atomic mass is 10.1. The van der Waals surface area contributed by atoms with Gasteiger partial charge in [-0.1, -0.05) is 37.6 Å². The third-order valence-corrected chi connectivity index (χ3v) is 4.32. The van der Waals surface area contributed by atoms with Crippen molar-refractivity contribution in [3.63, 3.8) is 0 Å². The third kappa shape index (κ3) is 4.09. The Morgan fingerprint density at radius 1 is 1.21 bits per heavy atom. The molecule has 1 aliphatic rings. The van der Waals surface area contributed by atoms with Crippen molar-refractivity contribution in [2.45, 2.75) is 26.7 Å². The Kier molecular flexibility index (Phi) is 5.84. The van der Waals surface area contributed by atoms with Gasteiger partial charge >= 0.3 is 5.97 Å². The normalized spacial score (nSPS) is 14.7. The summed E-state index contributed by atoms with van der Waals surface area (Å²) in [7, 11) is 0. The van der Waals surface area contributed by atoms with Gasteiger partial charge in [0.05, 0.1) is 11.5 Å². The fourth-order valence-corrected chi connectivity index (χ4v) is 2.78. The molecule has 0 aromatic heterocycles. The summed E-state index contributed by atoms with van der Waals surface area (Å²) >= 11 is 0. The predicted octanol–water partition coefficient (Wildman–Crippen LogP) is 4.43. The van der Waals surface area contributed by atoms with Crippen LogP contribution in [0.3, 0.4) is 0 Å². The minimum absolute atomic E-state index is 0.0525. The largest absolute Gasteiger partial charge is 0.493 e. The van der Waals surface area contributed by atoms with Crippen molar-refractivity contribution in [3.8, 4) is 5.75 Å². The number of carbonyl (C=O) groups excluding carboxylic acids is 1. The number of para-hydroxylation sites is 1. The number of benzene rings is 2. The topological polar surface area (TPSA) is 91.0 Å². The zero-order valence-electron chi connectivity index (χ0n) is 15.7. The van der Waals surface area contributed by atoms with E-state index in [-0.39, 0.29) is 17.3 Å². The molecule has 0 fully saturated rings. The first kappa shape index (κ1) is 19.3. The van der Waals surface area contributed by atoms with E-state index >= 15 is 0 Å². The Bertz CT molecular complexity index is 979. The van der Waals surface area contributed by atoms with Crippen LogP contribution < -0.4 is 4.74 Å². The van der Waals surface area contributed by atoms with E-state index in [0.29, 0.717) is 29.0 Å². The SMILES string of the molecule is CCCCOc1ccccc1/C=C1\N=C(c2cccc([N+](=O)[O-])c2C)OC1=O. The Hall–Kier alpha value is -3.48. The molecule has 2 aromatic rings. The minimum atomic E-state index is -0.607. The van der Waals surface area contributed by atoms with Crippen molar-refractivity contribution in [1.29, 1.82) is 0 Å². The summed E-state index contributed by atoms with van der Waals surface area (Å²) in [5.41, 5.74) is 1.59. The molecule has 0 saturated carbocycles. The van der Waals surface area contributed by atoms with Gasteiger partial charge < -0.3 is 9.47 Å².